The molecule has 0 amide bonds. The number of nitrogens with one attached hydrogen (secondary N) is 2. The van der Waals surface area contributed by atoms with Crippen molar-refractivity contribution >= 4 is 39.0 Å². The normalized spacial score (nSPS) is 12.4. The van der Waals surface area contributed by atoms with E-state index < -0.39 is 15.8 Å². The largest absolute Gasteiger partial charge is 0.382 e. The molecule has 9 nitrogen and oxygen atoms in total. The third kappa shape index (κ3) is 5.15. The number of anilines is 1. The number of rotatable bonds is 7. The molecule has 0 saturated heterocycles. The van der Waals surface area contributed by atoms with Gasteiger partial charge in [-0.05, 0) is 28.5 Å². The molecule has 2 rings (SSSR count). The Kier molecular flexibility index (Phi) is 5.70. The minimum atomic E-state index is -3.28. The lowest BCUT2D eigenvalue weighted by Crippen LogP contribution is -2.28. The van der Waals surface area contributed by atoms with E-state index in [-0.39, 0.29) is 35.5 Å². The molecule has 0 spiro atoms. The minimum absolute atomic E-state index is 0.0301. The van der Waals surface area contributed by atoms with Crippen LogP contribution in [0.5, 0.6) is 0 Å². The SMILES string of the molecule is CS(=O)(=O)NCCNc1nonc1C(N)=Nc1ccc(F)c(Cl)c1. The van der Waals surface area contributed by atoms with Crippen LogP contribution in [0.15, 0.2) is 27.8 Å². The van der Waals surface area contributed by atoms with E-state index in [1.807, 2.05) is 0 Å². The second-order valence-electron chi connectivity index (χ2n) is 4.65. The van der Waals surface area contributed by atoms with Gasteiger partial charge in [0.25, 0.3) is 0 Å². The van der Waals surface area contributed by atoms with E-state index in [1.54, 1.807) is 0 Å². The van der Waals surface area contributed by atoms with Crippen LogP contribution in [0.1, 0.15) is 5.69 Å². The monoisotopic (exact) mass is 376 g/mol. The topological polar surface area (TPSA) is 136 Å². The number of nitrogens with two attached hydrogens (primary N) is 1. The molecule has 0 bridgehead atoms. The Bertz CT molecular complexity index is 854. The number of hydrogen-bond acceptors (Lipinski definition) is 7. The molecule has 0 unspecified atom stereocenters. The van der Waals surface area contributed by atoms with Gasteiger partial charge in [-0.2, -0.15) is 0 Å². The lowest BCUT2D eigenvalue weighted by atomic mass is 10.3. The first-order valence-electron chi connectivity index (χ1n) is 6.57. The van der Waals surface area contributed by atoms with E-state index in [4.69, 9.17) is 17.3 Å². The lowest BCUT2D eigenvalue weighted by molar-refractivity contribution is 0.308. The van der Waals surface area contributed by atoms with Crippen molar-refractivity contribution in [1.29, 1.82) is 0 Å². The first-order chi connectivity index (χ1) is 11.3. The standard InChI is InChI=1S/C12H14ClFN6O3S/c1-24(21,22)17-5-4-16-12-10(19-23-20-12)11(15)18-7-2-3-9(14)8(13)6-7/h2-3,6,17H,4-5H2,1H3,(H2,15,18)(H,16,20). The Balaban J connectivity index is 2.07. The first kappa shape index (κ1) is 18.1. The summed E-state index contributed by atoms with van der Waals surface area (Å²) in [5.41, 5.74) is 6.29. The summed E-state index contributed by atoms with van der Waals surface area (Å²) in [7, 11) is -3.28. The van der Waals surface area contributed by atoms with Crippen LogP contribution in [0.25, 0.3) is 0 Å². The molecular weight excluding hydrogens is 363 g/mol. The number of amidine groups is 1. The highest BCUT2D eigenvalue weighted by Gasteiger charge is 2.14. The Hall–Kier alpha value is -2.24. The number of benzene rings is 1. The molecular formula is C12H14ClFN6O3S. The number of sulfonamides is 1. The lowest BCUT2D eigenvalue weighted by Gasteiger charge is -2.04. The molecule has 0 atom stereocenters. The van der Waals surface area contributed by atoms with Gasteiger partial charge in [0.2, 0.25) is 15.8 Å². The van der Waals surface area contributed by atoms with Gasteiger partial charge in [0, 0.05) is 13.1 Å². The molecule has 0 saturated carbocycles. The van der Waals surface area contributed by atoms with Gasteiger partial charge in [0.15, 0.2) is 11.5 Å². The Morgan fingerprint density at radius 2 is 2.17 bits per heavy atom. The second kappa shape index (κ2) is 7.55. The minimum Gasteiger partial charge on any atom is -0.382 e. The molecule has 1 heterocycles. The predicted molar refractivity (Wildman–Crippen MR) is 87.4 cm³/mol. The molecule has 0 aliphatic carbocycles. The van der Waals surface area contributed by atoms with Crippen molar-refractivity contribution in [2.24, 2.45) is 10.7 Å². The van der Waals surface area contributed by atoms with Crippen LogP contribution in [0, 0.1) is 5.82 Å². The van der Waals surface area contributed by atoms with E-state index in [2.05, 4.69) is 30.0 Å². The fourth-order valence-electron chi connectivity index (χ4n) is 1.64. The van der Waals surface area contributed by atoms with Crippen LogP contribution in [0.4, 0.5) is 15.9 Å². The van der Waals surface area contributed by atoms with E-state index in [0.717, 1.165) is 12.3 Å². The van der Waals surface area contributed by atoms with E-state index in [0.29, 0.717) is 5.69 Å². The molecule has 1 aromatic carbocycles. The Labute approximate surface area is 142 Å². The zero-order valence-corrected chi connectivity index (χ0v) is 14.0. The molecule has 0 aliphatic rings. The van der Waals surface area contributed by atoms with Crippen molar-refractivity contribution in [3.05, 3.63) is 34.7 Å². The quantitative estimate of drug-likeness (QED) is 0.370. The van der Waals surface area contributed by atoms with Gasteiger partial charge in [-0.25, -0.2) is 27.2 Å². The summed E-state index contributed by atoms with van der Waals surface area (Å²) in [6.45, 7) is 0.361. The van der Waals surface area contributed by atoms with Crippen LogP contribution in [0.2, 0.25) is 5.02 Å². The van der Waals surface area contributed by atoms with Crippen LogP contribution in [0.3, 0.4) is 0 Å². The van der Waals surface area contributed by atoms with Crippen molar-refractivity contribution in [3.8, 4) is 0 Å². The fraction of sp³-hybridized carbons (Fsp3) is 0.250. The molecule has 4 N–H and O–H groups in total. The molecule has 12 heteroatoms. The number of aliphatic imine (C=N–C) groups is 1. The van der Waals surface area contributed by atoms with E-state index in [9.17, 15) is 12.8 Å². The molecule has 130 valence electrons. The summed E-state index contributed by atoms with van der Waals surface area (Å²) in [5.74, 6) is -0.407. The summed E-state index contributed by atoms with van der Waals surface area (Å²) in [4.78, 5) is 4.06. The number of aromatic nitrogens is 2. The van der Waals surface area contributed by atoms with Crippen LogP contribution in [-0.2, 0) is 10.0 Å². The van der Waals surface area contributed by atoms with Gasteiger partial charge in [0.1, 0.15) is 5.82 Å². The van der Waals surface area contributed by atoms with Gasteiger partial charge in [-0.3, -0.25) is 0 Å². The number of halogens is 2. The van der Waals surface area contributed by atoms with Crippen LogP contribution in [-0.4, -0.2) is 43.9 Å². The summed E-state index contributed by atoms with van der Waals surface area (Å²) < 4.78 is 41.9. The number of hydrogen-bond donors (Lipinski definition) is 3. The maximum absolute atomic E-state index is 13.1. The maximum atomic E-state index is 13.1. The summed E-state index contributed by atoms with van der Waals surface area (Å²) in [6, 6.07) is 3.86. The van der Waals surface area contributed by atoms with Crippen molar-refractivity contribution in [3.63, 3.8) is 0 Å². The third-order valence-corrected chi connectivity index (χ3v) is 3.68. The molecule has 0 aliphatic heterocycles. The average molecular weight is 377 g/mol. The zero-order valence-electron chi connectivity index (χ0n) is 12.5. The summed E-state index contributed by atoms with van der Waals surface area (Å²) in [5, 5.41) is 9.97. The highest BCUT2D eigenvalue weighted by molar-refractivity contribution is 7.88. The van der Waals surface area contributed by atoms with E-state index >= 15 is 0 Å². The van der Waals surface area contributed by atoms with Crippen molar-refractivity contribution in [2.75, 3.05) is 24.7 Å². The molecule has 0 radical (unpaired) electrons. The molecule has 1 aromatic heterocycles. The van der Waals surface area contributed by atoms with Gasteiger partial charge >= 0.3 is 0 Å². The maximum Gasteiger partial charge on any atom is 0.208 e. The first-order valence-corrected chi connectivity index (χ1v) is 8.84. The molecule has 0 fully saturated rings. The molecule has 24 heavy (non-hydrogen) atoms. The molecule has 2 aromatic rings. The highest BCUT2D eigenvalue weighted by atomic mass is 35.5. The van der Waals surface area contributed by atoms with Gasteiger partial charge < -0.3 is 11.1 Å². The van der Waals surface area contributed by atoms with Crippen molar-refractivity contribution < 1.29 is 17.4 Å². The average Bonchev–Trinajstić information content (AvgIpc) is 2.95. The summed E-state index contributed by atoms with van der Waals surface area (Å²) >= 11 is 5.67. The van der Waals surface area contributed by atoms with Gasteiger partial charge in [0.05, 0.1) is 17.0 Å². The second-order valence-corrected chi connectivity index (χ2v) is 6.89. The van der Waals surface area contributed by atoms with Crippen molar-refractivity contribution in [2.45, 2.75) is 0 Å². The van der Waals surface area contributed by atoms with Crippen molar-refractivity contribution in [1.82, 2.24) is 15.0 Å². The fourth-order valence-corrected chi connectivity index (χ4v) is 2.28. The third-order valence-electron chi connectivity index (χ3n) is 2.67. The highest BCUT2D eigenvalue weighted by Crippen LogP contribution is 2.22. The smallest absolute Gasteiger partial charge is 0.208 e. The Morgan fingerprint density at radius 1 is 1.42 bits per heavy atom. The van der Waals surface area contributed by atoms with Crippen LogP contribution < -0.4 is 15.8 Å². The Morgan fingerprint density at radius 3 is 2.83 bits per heavy atom. The van der Waals surface area contributed by atoms with Gasteiger partial charge in [-0.15, -0.1) is 0 Å². The van der Waals surface area contributed by atoms with E-state index in [1.165, 1.54) is 12.1 Å². The summed E-state index contributed by atoms with van der Waals surface area (Å²) in [6.07, 6.45) is 1.05. The predicted octanol–water partition coefficient (Wildman–Crippen LogP) is 0.860. The zero-order chi connectivity index (χ0) is 17.7. The van der Waals surface area contributed by atoms with Gasteiger partial charge in [-0.1, -0.05) is 11.6 Å². The number of nitrogens with zero attached hydrogens (tertiary/aromatic N) is 3. The van der Waals surface area contributed by atoms with Crippen LogP contribution >= 0.6 is 11.6 Å².